The molecular formula is C14H20FNO. The highest BCUT2D eigenvalue weighted by molar-refractivity contribution is 5.94. The maximum Gasteiger partial charge on any atom is 0.254 e. The maximum atomic E-state index is 13.1. The number of amides is 1. The Morgan fingerprint density at radius 3 is 2.53 bits per heavy atom. The van der Waals surface area contributed by atoms with Crippen molar-refractivity contribution in [3.8, 4) is 0 Å². The van der Waals surface area contributed by atoms with E-state index >= 15 is 0 Å². The number of hydrogen-bond acceptors (Lipinski definition) is 1. The Hall–Kier alpha value is -1.38. The SMILES string of the molecule is CCCN(C(=O)c1ccc(F)c(C)c1)C(C)C. The number of carbonyl (C=O) groups excluding carboxylic acids is 1. The summed E-state index contributed by atoms with van der Waals surface area (Å²) in [5.41, 5.74) is 1.07. The van der Waals surface area contributed by atoms with Crippen LogP contribution in [0.1, 0.15) is 43.1 Å². The Morgan fingerprint density at radius 2 is 2.06 bits per heavy atom. The lowest BCUT2D eigenvalue weighted by Crippen LogP contribution is -2.37. The van der Waals surface area contributed by atoms with Gasteiger partial charge in [0.2, 0.25) is 0 Å². The van der Waals surface area contributed by atoms with Crippen LogP contribution in [0, 0.1) is 12.7 Å². The van der Waals surface area contributed by atoms with Gasteiger partial charge in [-0.15, -0.1) is 0 Å². The predicted octanol–water partition coefficient (Wildman–Crippen LogP) is 3.39. The predicted molar refractivity (Wildman–Crippen MR) is 67.6 cm³/mol. The monoisotopic (exact) mass is 237 g/mol. The molecule has 0 aliphatic carbocycles. The molecule has 0 aromatic heterocycles. The molecule has 0 heterocycles. The van der Waals surface area contributed by atoms with Crippen LogP contribution in [0.25, 0.3) is 0 Å². The molecular weight excluding hydrogens is 217 g/mol. The van der Waals surface area contributed by atoms with Crippen molar-refractivity contribution in [2.75, 3.05) is 6.54 Å². The van der Waals surface area contributed by atoms with Gasteiger partial charge < -0.3 is 4.90 Å². The van der Waals surface area contributed by atoms with E-state index in [0.717, 1.165) is 13.0 Å². The summed E-state index contributed by atoms with van der Waals surface area (Å²) in [5, 5.41) is 0. The number of nitrogens with zero attached hydrogens (tertiary/aromatic N) is 1. The van der Waals surface area contributed by atoms with Crippen LogP contribution in [0.2, 0.25) is 0 Å². The Bertz CT molecular complexity index is 401. The highest BCUT2D eigenvalue weighted by atomic mass is 19.1. The van der Waals surface area contributed by atoms with E-state index in [9.17, 15) is 9.18 Å². The van der Waals surface area contributed by atoms with Crippen molar-refractivity contribution < 1.29 is 9.18 Å². The molecule has 1 rings (SSSR count). The molecule has 0 atom stereocenters. The summed E-state index contributed by atoms with van der Waals surface area (Å²) in [6.07, 6.45) is 0.921. The van der Waals surface area contributed by atoms with E-state index in [0.29, 0.717) is 11.1 Å². The molecule has 0 N–H and O–H groups in total. The van der Waals surface area contributed by atoms with Crippen LogP contribution >= 0.6 is 0 Å². The van der Waals surface area contributed by atoms with E-state index in [-0.39, 0.29) is 17.8 Å². The van der Waals surface area contributed by atoms with Gasteiger partial charge in [-0.2, -0.15) is 0 Å². The molecule has 0 radical (unpaired) electrons. The van der Waals surface area contributed by atoms with E-state index in [1.54, 1.807) is 19.1 Å². The molecule has 0 spiro atoms. The highest BCUT2D eigenvalue weighted by Gasteiger charge is 2.18. The van der Waals surface area contributed by atoms with Crippen molar-refractivity contribution in [3.63, 3.8) is 0 Å². The van der Waals surface area contributed by atoms with Crippen molar-refractivity contribution in [2.45, 2.75) is 40.2 Å². The van der Waals surface area contributed by atoms with Crippen LogP contribution in [0.5, 0.6) is 0 Å². The number of aryl methyl sites for hydroxylation is 1. The molecule has 0 bridgehead atoms. The maximum absolute atomic E-state index is 13.1. The summed E-state index contributed by atoms with van der Waals surface area (Å²) in [4.78, 5) is 14.1. The van der Waals surface area contributed by atoms with Gasteiger partial charge in [-0.1, -0.05) is 6.92 Å². The third-order valence-electron chi connectivity index (χ3n) is 2.75. The Morgan fingerprint density at radius 1 is 1.41 bits per heavy atom. The van der Waals surface area contributed by atoms with Crippen molar-refractivity contribution in [1.29, 1.82) is 0 Å². The van der Waals surface area contributed by atoms with Gasteiger partial charge in [0, 0.05) is 18.2 Å². The molecule has 2 nitrogen and oxygen atoms in total. The smallest absolute Gasteiger partial charge is 0.254 e. The molecule has 1 aromatic rings. The van der Waals surface area contributed by atoms with E-state index in [4.69, 9.17) is 0 Å². The van der Waals surface area contributed by atoms with Crippen molar-refractivity contribution in [1.82, 2.24) is 4.90 Å². The summed E-state index contributed by atoms with van der Waals surface area (Å²) in [5.74, 6) is -0.293. The lowest BCUT2D eigenvalue weighted by molar-refractivity contribution is 0.0706. The van der Waals surface area contributed by atoms with Crippen LogP contribution < -0.4 is 0 Å². The average molecular weight is 237 g/mol. The van der Waals surface area contributed by atoms with Gasteiger partial charge in [0.15, 0.2) is 0 Å². The van der Waals surface area contributed by atoms with Crippen LogP contribution in [0.4, 0.5) is 4.39 Å². The summed E-state index contributed by atoms with van der Waals surface area (Å²) in [7, 11) is 0. The van der Waals surface area contributed by atoms with E-state index in [1.165, 1.54) is 6.07 Å². The first-order chi connectivity index (χ1) is 7.97. The van der Waals surface area contributed by atoms with Crippen LogP contribution in [-0.4, -0.2) is 23.4 Å². The normalized spacial score (nSPS) is 10.7. The molecule has 0 saturated carbocycles. The highest BCUT2D eigenvalue weighted by Crippen LogP contribution is 2.13. The zero-order valence-electron chi connectivity index (χ0n) is 11.0. The molecule has 0 aliphatic heterocycles. The number of carbonyl (C=O) groups is 1. The van der Waals surface area contributed by atoms with E-state index in [1.807, 2.05) is 25.7 Å². The largest absolute Gasteiger partial charge is 0.336 e. The van der Waals surface area contributed by atoms with Gasteiger partial charge in [-0.25, -0.2) is 4.39 Å². The van der Waals surface area contributed by atoms with E-state index < -0.39 is 0 Å². The summed E-state index contributed by atoms with van der Waals surface area (Å²) in [6, 6.07) is 4.68. The molecule has 94 valence electrons. The summed E-state index contributed by atoms with van der Waals surface area (Å²) >= 11 is 0. The zero-order chi connectivity index (χ0) is 13.0. The summed E-state index contributed by atoms with van der Waals surface area (Å²) < 4.78 is 13.1. The van der Waals surface area contributed by atoms with Crippen molar-refractivity contribution in [2.24, 2.45) is 0 Å². The topological polar surface area (TPSA) is 20.3 Å². The second-order valence-corrected chi connectivity index (χ2v) is 4.56. The lowest BCUT2D eigenvalue weighted by Gasteiger charge is -2.26. The fourth-order valence-electron chi connectivity index (χ4n) is 1.78. The van der Waals surface area contributed by atoms with Gasteiger partial charge in [0.1, 0.15) is 5.82 Å². The molecule has 1 aromatic carbocycles. The summed E-state index contributed by atoms with van der Waals surface area (Å²) in [6.45, 7) is 8.42. The van der Waals surface area contributed by atoms with Crippen LogP contribution in [0.15, 0.2) is 18.2 Å². The Balaban J connectivity index is 2.97. The third-order valence-corrected chi connectivity index (χ3v) is 2.75. The number of halogens is 1. The Kier molecular flexibility index (Phi) is 4.67. The fourth-order valence-corrected chi connectivity index (χ4v) is 1.78. The minimum Gasteiger partial charge on any atom is -0.336 e. The van der Waals surface area contributed by atoms with Crippen LogP contribution in [0.3, 0.4) is 0 Å². The van der Waals surface area contributed by atoms with E-state index in [2.05, 4.69) is 0 Å². The molecule has 3 heteroatoms. The molecule has 0 saturated heterocycles. The molecule has 17 heavy (non-hydrogen) atoms. The Labute approximate surface area is 102 Å². The number of rotatable bonds is 4. The minimum absolute atomic E-state index is 0.0232. The quantitative estimate of drug-likeness (QED) is 0.786. The van der Waals surface area contributed by atoms with Crippen molar-refractivity contribution in [3.05, 3.63) is 35.1 Å². The molecule has 0 unspecified atom stereocenters. The first-order valence-corrected chi connectivity index (χ1v) is 6.04. The van der Waals surface area contributed by atoms with Gasteiger partial charge >= 0.3 is 0 Å². The first-order valence-electron chi connectivity index (χ1n) is 6.04. The van der Waals surface area contributed by atoms with Crippen LogP contribution in [-0.2, 0) is 0 Å². The fraction of sp³-hybridized carbons (Fsp3) is 0.500. The minimum atomic E-state index is -0.270. The van der Waals surface area contributed by atoms with Gasteiger partial charge in [0.25, 0.3) is 5.91 Å². The zero-order valence-corrected chi connectivity index (χ0v) is 11.0. The molecule has 1 amide bonds. The second-order valence-electron chi connectivity index (χ2n) is 4.56. The second kappa shape index (κ2) is 5.80. The lowest BCUT2D eigenvalue weighted by atomic mass is 10.1. The first kappa shape index (κ1) is 13.7. The van der Waals surface area contributed by atoms with Crippen molar-refractivity contribution >= 4 is 5.91 Å². The number of benzene rings is 1. The number of hydrogen-bond donors (Lipinski definition) is 0. The van der Waals surface area contributed by atoms with Gasteiger partial charge in [-0.3, -0.25) is 4.79 Å². The van der Waals surface area contributed by atoms with Gasteiger partial charge in [-0.05, 0) is 51.0 Å². The average Bonchev–Trinajstić information content (AvgIpc) is 2.28. The molecule has 0 fully saturated rings. The molecule has 0 aliphatic rings. The van der Waals surface area contributed by atoms with Gasteiger partial charge in [0.05, 0.1) is 0 Å². The third kappa shape index (κ3) is 3.29. The standard InChI is InChI=1S/C14H20FNO/c1-5-8-16(10(2)3)14(17)12-6-7-13(15)11(4)9-12/h6-7,9-10H,5,8H2,1-4H3.